The van der Waals surface area contributed by atoms with Crippen molar-refractivity contribution in [3.63, 3.8) is 0 Å². The van der Waals surface area contributed by atoms with Crippen LogP contribution in [-0.4, -0.2) is 67.2 Å². The van der Waals surface area contributed by atoms with Gasteiger partial charge >= 0.3 is 29.8 Å². The third-order valence-electron chi connectivity index (χ3n) is 4.26. The summed E-state index contributed by atoms with van der Waals surface area (Å²) in [7, 11) is 0. The Bertz CT molecular complexity index is 1020. The zero-order valence-electron chi connectivity index (χ0n) is 21.6. The Morgan fingerprint density at radius 2 is 0.919 bits per heavy atom. The van der Waals surface area contributed by atoms with E-state index in [4.69, 9.17) is 23.7 Å². The normalized spacial score (nSPS) is 13.3. The maximum Gasteiger partial charge on any atom is 0.333 e. The fraction of sp³-hybridized carbons (Fsp3) is 0.385. The monoisotopic (exact) mass is 520 g/mol. The van der Waals surface area contributed by atoms with E-state index in [0.29, 0.717) is 0 Å². The predicted molar refractivity (Wildman–Crippen MR) is 131 cm³/mol. The van der Waals surface area contributed by atoms with Crippen LogP contribution >= 0.6 is 0 Å². The number of aldehydes is 1. The number of esters is 5. The molecule has 0 aromatic carbocycles. The van der Waals surface area contributed by atoms with Crippen molar-refractivity contribution >= 4 is 36.1 Å². The molecule has 11 nitrogen and oxygen atoms in total. The van der Waals surface area contributed by atoms with Crippen molar-refractivity contribution in [2.75, 3.05) is 6.61 Å². The van der Waals surface area contributed by atoms with Crippen molar-refractivity contribution in [2.24, 2.45) is 0 Å². The Morgan fingerprint density at radius 3 is 1.30 bits per heavy atom. The molecule has 0 aliphatic carbocycles. The lowest BCUT2D eigenvalue weighted by molar-refractivity contribution is -0.198. The smallest absolute Gasteiger partial charge is 0.333 e. The molecule has 0 fully saturated rings. The van der Waals surface area contributed by atoms with Crippen molar-refractivity contribution in [1.82, 2.24) is 0 Å². The Kier molecular flexibility index (Phi) is 13.2. The summed E-state index contributed by atoms with van der Waals surface area (Å²) in [5.74, 6) is -5.05. The van der Waals surface area contributed by atoms with Crippen LogP contribution in [0.3, 0.4) is 0 Å². The van der Waals surface area contributed by atoms with Crippen molar-refractivity contribution in [2.45, 2.75) is 59.0 Å². The van der Waals surface area contributed by atoms with Gasteiger partial charge in [0, 0.05) is 27.9 Å². The number of hydrogen-bond acceptors (Lipinski definition) is 11. The molecule has 0 saturated heterocycles. The van der Waals surface area contributed by atoms with Gasteiger partial charge in [-0.2, -0.15) is 0 Å². The van der Waals surface area contributed by atoms with Gasteiger partial charge in [0.05, 0.1) is 0 Å². The molecule has 202 valence electrons. The minimum absolute atomic E-state index is 0.00752. The summed E-state index contributed by atoms with van der Waals surface area (Å²) >= 11 is 0. The van der Waals surface area contributed by atoms with Crippen LogP contribution in [0.15, 0.2) is 60.8 Å². The minimum Gasteiger partial charge on any atom is -0.458 e. The van der Waals surface area contributed by atoms with Crippen LogP contribution in [0, 0.1) is 0 Å². The number of ether oxygens (including phenoxy) is 5. The van der Waals surface area contributed by atoms with Crippen LogP contribution in [-0.2, 0) is 52.5 Å². The van der Waals surface area contributed by atoms with Crippen LogP contribution in [0.1, 0.15) is 34.6 Å². The van der Waals surface area contributed by atoms with Gasteiger partial charge in [0.2, 0.25) is 0 Å². The molecule has 0 N–H and O–H groups in total. The molecule has 0 radical (unpaired) electrons. The maximum atomic E-state index is 12.5. The van der Waals surface area contributed by atoms with E-state index in [0.717, 1.165) is 0 Å². The zero-order valence-corrected chi connectivity index (χ0v) is 21.6. The van der Waals surface area contributed by atoms with Crippen molar-refractivity contribution in [1.29, 1.82) is 0 Å². The lowest BCUT2D eigenvalue weighted by Crippen LogP contribution is -2.54. The Morgan fingerprint density at radius 1 is 0.568 bits per heavy atom. The van der Waals surface area contributed by atoms with Crippen LogP contribution in [0.5, 0.6) is 0 Å². The topological polar surface area (TPSA) is 149 Å². The molecule has 0 spiro atoms. The summed E-state index contributed by atoms with van der Waals surface area (Å²) in [5, 5.41) is 0. The second kappa shape index (κ2) is 15.0. The van der Waals surface area contributed by atoms with Gasteiger partial charge in [0.1, 0.15) is 6.61 Å². The second-order valence-electron chi connectivity index (χ2n) is 8.19. The van der Waals surface area contributed by atoms with Gasteiger partial charge in [0.15, 0.2) is 30.7 Å². The summed E-state index contributed by atoms with van der Waals surface area (Å²) < 4.78 is 26.2. The fourth-order valence-corrected chi connectivity index (χ4v) is 2.24. The standard InChI is InChI=1S/C26H32O11/c1-13(2)22(28)33-12-19(35-24(30)15(5)6)21(37-26(32)17(9)10)20(36-25(31)16(7)8)18(11-27)34-23(29)14(3)4/h11,18-21H,1,3,5,7,9,12H2,2,4,6,8,10H3. The molecule has 0 amide bonds. The van der Waals surface area contributed by atoms with E-state index >= 15 is 0 Å². The molecule has 0 rings (SSSR count). The van der Waals surface area contributed by atoms with E-state index in [1.807, 2.05) is 0 Å². The third-order valence-corrected chi connectivity index (χ3v) is 4.26. The molecule has 0 aromatic rings. The fourth-order valence-electron chi connectivity index (χ4n) is 2.24. The second-order valence-corrected chi connectivity index (χ2v) is 8.19. The predicted octanol–water partition coefficient (Wildman–Crippen LogP) is 2.26. The first-order valence-corrected chi connectivity index (χ1v) is 10.8. The average molecular weight is 521 g/mol. The molecule has 0 aromatic heterocycles. The summed E-state index contributed by atoms with van der Waals surface area (Å²) in [4.78, 5) is 73.6. The summed E-state index contributed by atoms with van der Waals surface area (Å²) in [6.07, 6.45) is -7.24. The quantitative estimate of drug-likeness (QED) is 0.135. The SMILES string of the molecule is C=C(C)C(=O)OCC(OC(=O)C(=C)C)C(OC(=O)C(=C)C)C(OC(=O)C(=C)C)C(C=O)OC(=O)C(=C)C. The molecular weight excluding hydrogens is 488 g/mol. The molecule has 0 bridgehead atoms. The van der Waals surface area contributed by atoms with Gasteiger partial charge < -0.3 is 23.7 Å². The largest absolute Gasteiger partial charge is 0.458 e. The third kappa shape index (κ3) is 10.9. The highest BCUT2D eigenvalue weighted by molar-refractivity contribution is 5.90. The Balaban J connectivity index is 6.88. The molecule has 4 atom stereocenters. The average Bonchev–Trinajstić information content (AvgIpc) is 2.81. The van der Waals surface area contributed by atoms with Crippen LogP contribution in [0.4, 0.5) is 0 Å². The van der Waals surface area contributed by atoms with Gasteiger partial charge in [-0.05, 0) is 34.6 Å². The lowest BCUT2D eigenvalue weighted by atomic mass is 10.0. The van der Waals surface area contributed by atoms with E-state index in [-0.39, 0.29) is 34.2 Å². The van der Waals surface area contributed by atoms with Crippen molar-refractivity contribution in [3.8, 4) is 0 Å². The lowest BCUT2D eigenvalue weighted by Gasteiger charge is -2.34. The highest BCUT2D eigenvalue weighted by Gasteiger charge is 2.45. The van der Waals surface area contributed by atoms with E-state index in [1.165, 1.54) is 34.6 Å². The van der Waals surface area contributed by atoms with E-state index in [9.17, 15) is 28.8 Å². The highest BCUT2D eigenvalue weighted by Crippen LogP contribution is 2.22. The van der Waals surface area contributed by atoms with Gasteiger partial charge in [-0.1, -0.05) is 32.9 Å². The molecular formula is C26H32O11. The van der Waals surface area contributed by atoms with Crippen molar-refractivity contribution < 1.29 is 52.5 Å². The summed E-state index contributed by atoms with van der Waals surface area (Å²) in [5.41, 5.74) is -0.451. The van der Waals surface area contributed by atoms with Gasteiger partial charge in [-0.25, -0.2) is 24.0 Å². The van der Waals surface area contributed by atoms with Gasteiger partial charge in [0.25, 0.3) is 0 Å². The van der Waals surface area contributed by atoms with Crippen LogP contribution < -0.4 is 0 Å². The van der Waals surface area contributed by atoms with Crippen molar-refractivity contribution in [3.05, 3.63) is 60.8 Å². The number of rotatable bonds is 15. The number of carbonyl (C=O) groups excluding carboxylic acids is 6. The summed E-state index contributed by atoms with van der Waals surface area (Å²) in [6.45, 7) is 23.0. The van der Waals surface area contributed by atoms with Gasteiger partial charge in [-0.3, -0.25) is 4.79 Å². The molecule has 0 saturated carbocycles. The molecule has 0 aliphatic heterocycles. The first-order valence-electron chi connectivity index (χ1n) is 10.8. The van der Waals surface area contributed by atoms with E-state index < -0.39 is 60.9 Å². The van der Waals surface area contributed by atoms with Crippen LogP contribution in [0.25, 0.3) is 0 Å². The molecule has 37 heavy (non-hydrogen) atoms. The number of hydrogen-bond donors (Lipinski definition) is 0. The summed E-state index contributed by atoms with van der Waals surface area (Å²) in [6, 6.07) is 0. The molecule has 11 heteroatoms. The van der Waals surface area contributed by atoms with Gasteiger partial charge in [-0.15, -0.1) is 0 Å². The first-order chi connectivity index (χ1) is 17.0. The Labute approximate surface area is 215 Å². The van der Waals surface area contributed by atoms with Crippen LogP contribution in [0.2, 0.25) is 0 Å². The number of carbonyl (C=O) groups is 6. The van der Waals surface area contributed by atoms with E-state index in [1.54, 1.807) is 0 Å². The molecule has 4 unspecified atom stereocenters. The highest BCUT2D eigenvalue weighted by atomic mass is 16.6. The van der Waals surface area contributed by atoms with E-state index in [2.05, 4.69) is 32.9 Å². The Hall–Kier alpha value is -4.28. The maximum absolute atomic E-state index is 12.5. The molecule has 0 aliphatic rings. The minimum atomic E-state index is -1.90. The zero-order chi connectivity index (χ0) is 29.0. The first kappa shape index (κ1) is 32.7. The molecule has 0 heterocycles.